The zero-order valence-corrected chi connectivity index (χ0v) is 9.37. The summed E-state index contributed by atoms with van der Waals surface area (Å²) in [4.78, 5) is 6.28. The van der Waals surface area contributed by atoms with Gasteiger partial charge in [-0.1, -0.05) is 0 Å². The van der Waals surface area contributed by atoms with E-state index in [4.69, 9.17) is 4.74 Å². The van der Waals surface area contributed by atoms with E-state index < -0.39 is 0 Å². The van der Waals surface area contributed by atoms with Crippen LogP contribution >= 0.6 is 0 Å². The molecule has 0 atom stereocenters. The number of ether oxygens (including phenoxy) is 1. The Labute approximate surface area is 85.7 Å². The molecule has 0 bridgehead atoms. The molecule has 0 spiro atoms. The van der Waals surface area contributed by atoms with E-state index in [-0.39, 0.29) is 0 Å². The summed E-state index contributed by atoms with van der Waals surface area (Å²) in [5, 5.41) is 0. The molecule has 14 heavy (non-hydrogen) atoms. The summed E-state index contributed by atoms with van der Waals surface area (Å²) < 4.78 is 5.50. The second-order valence-corrected chi connectivity index (χ2v) is 3.76. The SMILES string of the molecule is Cc1cnc(OCCN(C)C)cc1C. The molecule has 1 heterocycles. The van der Waals surface area contributed by atoms with Gasteiger partial charge in [0.25, 0.3) is 0 Å². The monoisotopic (exact) mass is 194 g/mol. The van der Waals surface area contributed by atoms with Gasteiger partial charge in [0, 0.05) is 18.8 Å². The highest BCUT2D eigenvalue weighted by molar-refractivity contribution is 5.26. The third-order valence-electron chi connectivity index (χ3n) is 2.14. The minimum Gasteiger partial charge on any atom is -0.476 e. The van der Waals surface area contributed by atoms with Crippen LogP contribution < -0.4 is 4.74 Å². The third-order valence-corrected chi connectivity index (χ3v) is 2.14. The number of hydrogen-bond acceptors (Lipinski definition) is 3. The summed E-state index contributed by atoms with van der Waals surface area (Å²) in [6.07, 6.45) is 1.85. The van der Waals surface area contributed by atoms with E-state index in [1.807, 2.05) is 33.3 Å². The van der Waals surface area contributed by atoms with Crippen LogP contribution in [0.5, 0.6) is 5.88 Å². The number of aryl methyl sites for hydroxylation is 2. The predicted octanol–water partition coefficient (Wildman–Crippen LogP) is 1.64. The summed E-state index contributed by atoms with van der Waals surface area (Å²) >= 11 is 0. The first kappa shape index (κ1) is 11.0. The summed E-state index contributed by atoms with van der Waals surface area (Å²) in [5.41, 5.74) is 2.42. The first-order valence-electron chi connectivity index (χ1n) is 4.80. The van der Waals surface area contributed by atoms with Crippen molar-refractivity contribution in [2.24, 2.45) is 0 Å². The lowest BCUT2D eigenvalue weighted by Gasteiger charge is -2.10. The number of hydrogen-bond donors (Lipinski definition) is 0. The Balaban J connectivity index is 2.47. The van der Waals surface area contributed by atoms with Crippen LogP contribution in [0.1, 0.15) is 11.1 Å². The molecular formula is C11H18N2O. The molecule has 1 rings (SSSR count). The first-order chi connectivity index (χ1) is 6.59. The Kier molecular flexibility index (Phi) is 3.89. The maximum atomic E-state index is 5.50. The molecule has 0 N–H and O–H groups in total. The maximum absolute atomic E-state index is 5.50. The molecule has 0 amide bonds. The highest BCUT2D eigenvalue weighted by Gasteiger charge is 1.98. The lowest BCUT2D eigenvalue weighted by molar-refractivity contribution is 0.253. The maximum Gasteiger partial charge on any atom is 0.213 e. The molecule has 0 aliphatic carbocycles. The van der Waals surface area contributed by atoms with Crippen LogP contribution in [0, 0.1) is 13.8 Å². The van der Waals surface area contributed by atoms with Gasteiger partial charge in [0.2, 0.25) is 5.88 Å². The van der Waals surface area contributed by atoms with Crippen LogP contribution in [0.15, 0.2) is 12.3 Å². The molecule has 0 unspecified atom stereocenters. The highest BCUT2D eigenvalue weighted by Crippen LogP contribution is 2.12. The Bertz CT molecular complexity index is 297. The third kappa shape index (κ3) is 3.34. The fourth-order valence-electron chi connectivity index (χ4n) is 1.01. The minimum absolute atomic E-state index is 0.683. The Morgan fingerprint density at radius 1 is 1.29 bits per heavy atom. The fraction of sp³-hybridized carbons (Fsp3) is 0.545. The minimum atomic E-state index is 0.683. The number of rotatable bonds is 4. The van der Waals surface area contributed by atoms with E-state index in [1.165, 1.54) is 11.1 Å². The Morgan fingerprint density at radius 3 is 2.57 bits per heavy atom. The Hall–Kier alpha value is -1.09. The highest BCUT2D eigenvalue weighted by atomic mass is 16.5. The van der Waals surface area contributed by atoms with Crippen LogP contribution in [-0.2, 0) is 0 Å². The van der Waals surface area contributed by atoms with Crippen LogP contribution in [0.3, 0.4) is 0 Å². The van der Waals surface area contributed by atoms with Crippen molar-refractivity contribution in [3.05, 3.63) is 23.4 Å². The fourth-order valence-corrected chi connectivity index (χ4v) is 1.01. The van der Waals surface area contributed by atoms with Crippen molar-refractivity contribution in [3.8, 4) is 5.88 Å². The van der Waals surface area contributed by atoms with Gasteiger partial charge in [0.05, 0.1) is 0 Å². The van der Waals surface area contributed by atoms with Gasteiger partial charge in [0.1, 0.15) is 6.61 Å². The van der Waals surface area contributed by atoms with E-state index in [0.29, 0.717) is 6.61 Å². The van der Waals surface area contributed by atoms with Gasteiger partial charge in [-0.3, -0.25) is 0 Å². The average Bonchev–Trinajstić information content (AvgIpc) is 2.10. The van der Waals surface area contributed by atoms with Crippen LogP contribution in [0.2, 0.25) is 0 Å². The van der Waals surface area contributed by atoms with E-state index in [2.05, 4.69) is 16.8 Å². The number of likely N-dealkylation sites (N-methyl/N-ethyl adjacent to an activating group) is 1. The van der Waals surface area contributed by atoms with E-state index >= 15 is 0 Å². The molecule has 3 nitrogen and oxygen atoms in total. The van der Waals surface area contributed by atoms with Gasteiger partial charge < -0.3 is 9.64 Å². The molecule has 0 fully saturated rings. The molecule has 0 saturated heterocycles. The van der Waals surface area contributed by atoms with Gasteiger partial charge in [-0.05, 0) is 39.1 Å². The van der Waals surface area contributed by atoms with Gasteiger partial charge in [-0.25, -0.2) is 4.98 Å². The zero-order chi connectivity index (χ0) is 10.6. The van der Waals surface area contributed by atoms with Crippen molar-refractivity contribution in [3.63, 3.8) is 0 Å². The number of aromatic nitrogens is 1. The second kappa shape index (κ2) is 4.96. The lowest BCUT2D eigenvalue weighted by atomic mass is 10.2. The predicted molar refractivity (Wildman–Crippen MR) is 57.8 cm³/mol. The van der Waals surface area contributed by atoms with Gasteiger partial charge in [-0.15, -0.1) is 0 Å². The first-order valence-corrected chi connectivity index (χ1v) is 4.80. The quantitative estimate of drug-likeness (QED) is 0.728. The topological polar surface area (TPSA) is 25.4 Å². The van der Waals surface area contributed by atoms with Crippen molar-refractivity contribution in [1.82, 2.24) is 9.88 Å². The molecule has 1 aromatic rings. The molecule has 0 aliphatic heterocycles. The molecule has 0 radical (unpaired) electrons. The van der Waals surface area contributed by atoms with Crippen molar-refractivity contribution in [2.75, 3.05) is 27.2 Å². The molecule has 0 aliphatic rings. The second-order valence-electron chi connectivity index (χ2n) is 3.76. The van der Waals surface area contributed by atoms with E-state index in [9.17, 15) is 0 Å². The average molecular weight is 194 g/mol. The largest absolute Gasteiger partial charge is 0.476 e. The molecule has 0 saturated carbocycles. The number of nitrogens with zero attached hydrogens (tertiary/aromatic N) is 2. The number of pyridine rings is 1. The molecule has 3 heteroatoms. The smallest absolute Gasteiger partial charge is 0.213 e. The van der Waals surface area contributed by atoms with Gasteiger partial charge >= 0.3 is 0 Å². The van der Waals surface area contributed by atoms with Crippen molar-refractivity contribution < 1.29 is 4.74 Å². The molecule has 0 aromatic carbocycles. The summed E-state index contributed by atoms with van der Waals surface area (Å²) in [5.74, 6) is 0.718. The normalized spacial score (nSPS) is 10.6. The van der Waals surface area contributed by atoms with Crippen molar-refractivity contribution in [2.45, 2.75) is 13.8 Å². The Morgan fingerprint density at radius 2 is 2.00 bits per heavy atom. The molecular weight excluding hydrogens is 176 g/mol. The van der Waals surface area contributed by atoms with Crippen LogP contribution in [-0.4, -0.2) is 37.1 Å². The summed E-state index contributed by atoms with van der Waals surface area (Å²) in [6, 6.07) is 1.98. The molecule has 78 valence electrons. The van der Waals surface area contributed by atoms with Gasteiger partial charge in [0.15, 0.2) is 0 Å². The van der Waals surface area contributed by atoms with E-state index in [0.717, 1.165) is 12.4 Å². The van der Waals surface area contributed by atoms with Gasteiger partial charge in [-0.2, -0.15) is 0 Å². The summed E-state index contributed by atoms with van der Waals surface area (Å²) in [6.45, 7) is 5.71. The van der Waals surface area contributed by atoms with Crippen molar-refractivity contribution >= 4 is 0 Å². The standard InChI is InChI=1S/C11H18N2O/c1-9-7-11(12-8-10(9)2)14-6-5-13(3)4/h7-8H,5-6H2,1-4H3. The zero-order valence-electron chi connectivity index (χ0n) is 9.37. The van der Waals surface area contributed by atoms with Crippen molar-refractivity contribution in [1.29, 1.82) is 0 Å². The summed E-state index contributed by atoms with van der Waals surface area (Å²) in [7, 11) is 4.05. The van der Waals surface area contributed by atoms with Crippen LogP contribution in [0.25, 0.3) is 0 Å². The van der Waals surface area contributed by atoms with E-state index in [1.54, 1.807) is 0 Å². The van der Waals surface area contributed by atoms with Crippen LogP contribution in [0.4, 0.5) is 0 Å². The molecule has 1 aromatic heterocycles. The lowest BCUT2D eigenvalue weighted by Crippen LogP contribution is -2.19.